The summed E-state index contributed by atoms with van der Waals surface area (Å²) in [6, 6.07) is 39.0. The van der Waals surface area contributed by atoms with Gasteiger partial charge in [0.2, 0.25) is 0 Å². The summed E-state index contributed by atoms with van der Waals surface area (Å²) >= 11 is 0. The van der Waals surface area contributed by atoms with Crippen molar-refractivity contribution in [3.8, 4) is 0 Å². The molecule has 7 atom stereocenters. The van der Waals surface area contributed by atoms with Crippen LogP contribution < -0.4 is 5.19 Å². The number of ketones is 1. The van der Waals surface area contributed by atoms with E-state index in [1.54, 1.807) is 12.1 Å². The molecule has 9 heteroatoms. The second-order valence-electron chi connectivity index (χ2n) is 14.4. The molecule has 266 valence electrons. The number of hydroxylamine groups is 2. The fourth-order valence-corrected chi connectivity index (χ4v) is 11.7. The molecule has 8 nitrogen and oxygen atoms in total. The van der Waals surface area contributed by atoms with Crippen molar-refractivity contribution in [1.29, 1.82) is 0 Å². The van der Waals surface area contributed by atoms with Gasteiger partial charge in [-0.25, -0.2) is 9.63 Å². The summed E-state index contributed by atoms with van der Waals surface area (Å²) in [5.41, 5.74) is 2.37. The van der Waals surface area contributed by atoms with Crippen LogP contribution in [0.25, 0.3) is 0 Å². The number of rotatable bonds is 12. The maximum atomic E-state index is 14.2. The highest BCUT2D eigenvalue weighted by Gasteiger charge is 2.61. The molecule has 0 radical (unpaired) electrons. The van der Waals surface area contributed by atoms with Gasteiger partial charge in [-0.1, -0.05) is 146 Å². The average molecular weight is 706 g/mol. The highest BCUT2D eigenvalue weighted by Crippen LogP contribution is 2.47. The molecule has 0 spiro atoms. The molecule has 2 heterocycles. The van der Waals surface area contributed by atoms with Gasteiger partial charge in [-0.05, 0) is 36.1 Å². The Morgan fingerprint density at radius 2 is 1.39 bits per heavy atom. The van der Waals surface area contributed by atoms with E-state index in [-0.39, 0.29) is 30.0 Å². The van der Waals surface area contributed by atoms with Gasteiger partial charge in [0.25, 0.3) is 0 Å². The van der Waals surface area contributed by atoms with E-state index in [1.807, 2.05) is 72.8 Å². The molecular formula is C42H47NO7Si. The minimum atomic E-state index is -2.53. The largest absolute Gasteiger partial charge is 0.457 e. The summed E-state index contributed by atoms with van der Waals surface area (Å²) in [6.45, 7) is 4.68. The summed E-state index contributed by atoms with van der Waals surface area (Å²) in [4.78, 5) is 41.0. The van der Waals surface area contributed by atoms with Crippen LogP contribution in [-0.2, 0) is 35.3 Å². The molecule has 51 heavy (non-hydrogen) atoms. The monoisotopic (exact) mass is 705 g/mol. The summed E-state index contributed by atoms with van der Waals surface area (Å²) in [5.74, 6) is -0.383. The maximum Gasteiger partial charge on any atom is 0.338 e. The fourth-order valence-electron chi connectivity index (χ4n) is 8.07. The van der Waals surface area contributed by atoms with E-state index >= 15 is 0 Å². The molecule has 0 amide bonds. The number of Topliss-reactive ketones (excluding diaryl/α,β-unsaturated/α-hetero) is 1. The molecular weight excluding hydrogens is 659 g/mol. The van der Waals surface area contributed by atoms with Crippen LogP contribution >= 0.6 is 0 Å². The normalized spacial score (nSPS) is 26.7. The van der Waals surface area contributed by atoms with Crippen molar-refractivity contribution in [3.63, 3.8) is 0 Å². The van der Waals surface area contributed by atoms with E-state index in [1.165, 1.54) is 16.0 Å². The molecule has 2 aliphatic heterocycles. The predicted molar refractivity (Wildman–Crippen MR) is 197 cm³/mol. The van der Waals surface area contributed by atoms with Gasteiger partial charge in [-0.2, -0.15) is 0 Å². The Kier molecular flexibility index (Phi) is 11.2. The molecule has 0 unspecified atom stereocenters. The zero-order valence-corrected chi connectivity index (χ0v) is 30.3. The van der Waals surface area contributed by atoms with Crippen molar-refractivity contribution in [2.45, 2.75) is 93.9 Å². The summed E-state index contributed by atoms with van der Waals surface area (Å²) < 4.78 is 19.2. The van der Waals surface area contributed by atoms with Crippen LogP contribution in [-0.4, -0.2) is 62.3 Å². The van der Waals surface area contributed by atoms with Gasteiger partial charge < -0.3 is 14.2 Å². The standard InChI is InChI=1S/C42H47NO7Si/c1-51(2,33-23-13-6-14-24-33)41-39-37(48-42(45)32-21-11-5-12-22-32)27-38(47-36-26-16-15-25-34(36)31-19-9-4-10-20-31)49-43(39)50-40(41)35(44)29-46-28-30-17-7-3-8-18-30/h3-14,17-24,34,36-41H,15-16,25-29H2,1-2H3/t34-,36+,37-,38-,39-,40-,41-/m1/s1. The van der Waals surface area contributed by atoms with Crippen LogP contribution in [0.4, 0.5) is 0 Å². The van der Waals surface area contributed by atoms with Gasteiger partial charge >= 0.3 is 5.97 Å². The Morgan fingerprint density at radius 1 is 0.765 bits per heavy atom. The van der Waals surface area contributed by atoms with Crippen molar-refractivity contribution in [2.75, 3.05) is 6.61 Å². The summed E-state index contributed by atoms with van der Waals surface area (Å²) in [5, 5.41) is 2.61. The van der Waals surface area contributed by atoms with E-state index in [2.05, 4.69) is 49.5 Å². The number of fused-ring (bicyclic) bond motifs is 1. The first-order valence-electron chi connectivity index (χ1n) is 18.2. The lowest BCUT2D eigenvalue weighted by Crippen LogP contribution is -2.59. The summed E-state index contributed by atoms with van der Waals surface area (Å²) in [7, 11) is -2.53. The van der Waals surface area contributed by atoms with Crippen LogP contribution in [0.1, 0.15) is 59.5 Å². The molecule has 7 rings (SSSR count). The van der Waals surface area contributed by atoms with Gasteiger partial charge in [0, 0.05) is 17.9 Å². The predicted octanol–water partition coefficient (Wildman–Crippen LogP) is 7.37. The van der Waals surface area contributed by atoms with Gasteiger partial charge in [0.15, 0.2) is 12.1 Å². The second-order valence-corrected chi connectivity index (χ2v) is 19.1. The Bertz CT molecular complexity index is 1730. The van der Waals surface area contributed by atoms with Crippen LogP contribution in [0.15, 0.2) is 121 Å². The average Bonchev–Trinajstić information content (AvgIpc) is 3.57. The van der Waals surface area contributed by atoms with Crippen molar-refractivity contribution < 1.29 is 33.5 Å². The van der Waals surface area contributed by atoms with Gasteiger partial charge in [-0.3, -0.25) is 9.63 Å². The molecule has 0 bridgehead atoms. The first kappa shape index (κ1) is 35.4. The molecule has 3 fully saturated rings. The molecule has 3 aliphatic rings. The quantitative estimate of drug-likeness (QED) is 0.112. The lowest BCUT2D eigenvalue weighted by atomic mass is 9.81. The van der Waals surface area contributed by atoms with E-state index < -0.39 is 38.6 Å². The topological polar surface area (TPSA) is 83.5 Å². The third kappa shape index (κ3) is 8.09. The Morgan fingerprint density at radius 3 is 2.10 bits per heavy atom. The van der Waals surface area contributed by atoms with Crippen LogP contribution in [0.3, 0.4) is 0 Å². The fraction of sp³-hybridized carbons (Fsp3) is 0.381. The third-order valence-corrected chi connectivity index (χ3v) is 14.9. The first-order valence-corrected chi connectivity index (χ1v) is 21.3. The molecule has 2 saturated heterocycles. The zero-order chi connectivity index (χ0) is 35.2. The van der Waals surface area contributed by atoms with Crippen LogP contribution in [0.5, 0.6) is 0 Å². The summed E-state index contributed by atoms with van der Waals surface area (Å²) in [6.07, 6.45) is 2.08. The van der Waals surface area contributed by atoms with Crippen molar-refractivity contribution in [3.05, 3.63) is 138 Å². The number of nitrogens with zero attached hydrogens (tertiary/aromatic N) is 1. The van der Waals surface area contributed by atoms with E-state index in [0.717, 1.165) is 31.2 Å². The number of benzene rings is 4. The van der Waals surface area contributed by atoms with E-state index in [4.69, 9.17) is 23.9 Å². The van der Waals surface area contributed by atoms with E-state index in [0.29, 0.717) is 18.6 Å². The molecule has 0 N–H and O–H groups in total. The lowest BCUT2D eigenvalue weighted by Gasteiger charge is -2.44. The Labute approximate surface area is 301 Å². The third-order valence-electron chi connectivity index (χ3n) is 10.7. The van der Waals surface area contributed by atoms with Gasteiger partial charge in [0.05, 0.1) is 26.3 Å². The minimum absolute atomic E-state index is 0.0782. The number of hydrogen-bond acceptors (Lipinski definition) is 8. The van der Waals surface area contributed by atoms with E-state index in [9.17, 15) is 9.59 Å². The lowest BCUT2D eigenvalue weighted by molar-refractivity contribution is -0.446. The molecule has 0 aromatic heterocycles. The zero-order valence-electron chi connectivity index (χ0n) is 29.3. The Hall–Kier alpha value is -3.96. The molecule has 1 saturated carbocycles. The van der Waals surface area contributed by atoms with Gasteiger partial charge in [0.1, 0.15) is 24.9 Å². The number of esters is 1. The molecule has 1 aliphatic carbocycles. The first-order chi connectivity index (χ1) is 24.9. The van der Waals surface area contributed by atoms with Crippen molar-refractivity contribution >= 4 is 25.0 Å². The Balaban J connectivity index is 1.19. The minimum Gasteiger partial charge on any atom is -0.457 e. The van der Waals surface area contributed by atoms with Gasteiger partial charge in [-0.15, -0.1) is 0 Å². The SMILES string of the molecule is C[Si](C)(c1ccccc1)[C@@H]1[C@H]2[C@H](OC(=O)c3ccccc3)C[C@H](O[C@H]3CCCC[C@@H]3c3ccccc3)ON2O[C@@H]1C(=O)COCc1ccccc1. The van der Waals surface area contributed by atoms with Crippen LogP contribution in [0.2, 0.25) is 18.6 Å². The smallest absolute Gasteiger partial charge is 0.338 e. The molecule has 4 aromatic carbocycles. The number of hydrogen-bond donors (Lipinski definition) is 0. The number of ether oxygens (including phenoxy) is 3. The van der Waals surface area contributed by atoms with Crippen LogP contribution in [0, 0.1) is 0 Å². The maximum absolute atomic E-state index is 14.2. The molecule has 4 aromatic rings. The van der Waals surface area contributed by atoms with Crippen molar-refractivity contribution in [1.82, 2.24) is 5.23 Å². The second kappa shape index (κ2) is 16.2. The van der Waals surface area contributed by atoms with Crippen molar-refractivity contribution in [2.24, 2.45) is 0 Å². The number of carbonyl (C=O) groups is 2. The highest BCUT2D eigenvalue weighted by molar-refractivity contribution is 6.91. The number of carbonyl (C=O) groups excluding carboxylic acids is 2. The highest BCUT2D eigenvalue weighted by atomic mass is 28.3.